The maximum absolute atomic E-state index is 12.7. The van der Waals surface area contributed by atoms with Crippen LogP contribution in [0, 0.1) is 13.7 Å². The Balaban J connectivity index is 3.17. The zero-order chi connectivity index (χ0) is 14.6. The minimum absolute atomic E-state index is 0.00593. The number of nitrogens with zero attached hydrogens (tertiary/aromatic N) is 2. The van der Waals surface area contributed by atoms with Gasteiger partial charge in [0.15, 0.2) is 5.69 Å². The summed E-state index contributed by atoms with van der Waals surface area (Å²) in [6, 6.07) is 1.21. The van der Waals surface area contributed by atoms with Gasteiger partial charge in [0, 0.05) is 3.57 Å². The van der Waals surface area contributed by atoms with E-state index >= 15 is 0 Å². The van der Waals surface area contributed by atoms with Gasteiger partial charge in [-0.15, -0.1) is 0 Å². The van der Waals surface area contributed by atoms with Crippen LogP contribution in [-0.4, -0.2) is 22.5 Å². The van der Waals surface area contributed by atoms with Crippen LogP contribution in [0.1, 0.15) is 24.6 Å². The normalized spacial score (nSPS) is 10.6. The second-order valence-electron chi connectivity index (χ2n) is 3.37. The third-order valence-corrected chi connectivity index (χ3v) is 2.96. The maximum Gasteiger partial charge on any atom is 0.373 e. The van der Waals surface area contributed by atoms with Crippen molar-refractivity contribution >= 4 is 34.4 Å². The van der Waals surface area contributed by atoms with E-state index in [1.165, 1.54) is 6.07 Å². The van der Waals surface area contributed by atoms with Crippen LogP contribution < -0.4 is 0 Å². The Morgan fingerprint density at radius 3 is 2.74 bits per heavy atom. The van der Waals surface area contributed by atoms with Crippen molar-refractivity contribution in [3.63, 3.8) is 0 Å². The van der Waals surface area contributed by atoms with E-state index in [0.717, 1.165) is 0 Å². The van der Waals surface area contributed by atoms with Crippen LogP contribution in [0.2, 0.25) is 0 Å². The molecule has 0 aliphatic carbocycles. The number of esters is 1. The minimum Gasteiger partial charge on any atom is -0.466 e. The predicted molar refractivity (Wildman–Crippen MR) is 68.9 cm³/mol. The number of hydrogen-bond donors (Lipinski definition) is 0. The molecule has 0 aliphatic heterocycles. The van der Waals surface area contributed by atoms with E-state index in [1.807, 2.05) is 0 Å². The summed E-state index contributed by atoms with van der Waals surface area (Å²) in [5.41, 5.74) is -0.711. The Morgan fingerprint density at radius 1 is 1.63 bits per heavy atom. The van der Waals surface area contributed by atoms with Crippen LogP contribution in [0.5, 0.6) is 0 Å². The highest BCUT2D eigenvalue weighted by Crippen LogP contribution is 2.32. The third-order valence-electron chi connectivity index (χ3n) is 2.06. The third kappa shape index (κ3) is 4.04. The fourth-order valence-electron chi connectivity index (χ4n) is 1.35. The molecule has 1 rings (SSSR count). The average molecular weight is 386 g/mol. The van der Waals surface area contributed by atoms with Gasteiger partial charge in [-0.1, -0.05) is 0 Å². The second kappa shape index (κ2) is 6.68. The molecule has 9 heteroatoms. The molecule has 0 bridgehead atoms. The van der Waals surface area contributed by atoms with Gasteiger partial charge >= 0.3 is 11.8 Å². The summed E-state index contributed by atoms with van der Waals surface area (Å²) in [4.78, 5) is 24.5. The average Bonchev–Trinajstić information content (AvgIpc) is 2.27. The highest BCUT2D eigenvalue weighted by atomic mass is 127. The van der Waals surface area contributed by atoms with Crippen LogP contribution in [-0.2, 0) is 16.0 Å². The smallest absolute Gasteiger partial charge is 0.373 e. The summed E-state index contributed by atoms with van der Waals surface area (Å²) in [5, 5.41) is 10.7. The zero-order valence-corrected chi connectivity index (χ0v) is 11.9. The van der Waals surface area contributed by atoms with Gasteiger partial charge in [-0.25, -0.2) is 8.78 Å². The van der Waals surface area contributed by atoms with E-state index in [0.29, 0.717) is 0 Å². The minimum atomic E-state index is -3.00. The molecule has 0 N–H and O–H groups in total. The number of carbonyl (C=O) groups is 1. The van der Waals surface area contributed by atoms with Crippen LogP contribution in [0.25, 0.3) is 0 Å². The first-order valence-electron chi connectivity index (χ1n) is 5.14. The topological polar surface area (TPSA) is 82.3 Å². The van der Waals surface area contributed by atoms with Crippen molar-refractivity contribution in [1.82, 2.24) is 4.98 Å². The lowest BCUT2D eigenvalue weighted by atomic mass is 10.2. The second-order valence-corrected chi connectivity index (χ2v) is 4.53. The molecule has 0 atom stereocenters. The highest BCUT2D eigenvalue weighted by molar-refractivity contribution is 14.1. The molecule has 0 saturated carbocycles. The predicted octanol–water partition coefficient (Wildman–Crippen LogP) is 2.64. The zero-order valence-electron chi connectivity index (χ0n) is 9.73. The highest BCUT2D eigenvalue weighted by Gasteiger charge is 2.28. The summed E-state index contributed by atoms with van der Waals surface area (Å²) >= 11 is 1.55. The Morgan fingerprint density at radius 2 is 2.26 bits per heavy atom. The molecule has 0 amide bonds. The van der Waals surface area contributed by atoms with Crippen molar-refractivity contribution in [2.75, 3.05) is 6.61 Å². The molecular weight excluding hydrogens is 377 g/mol. The molecule has 1 aromatic heterocycles. The van der Waals surface area contributed by atoms with Crippen LogP contribution >= 0.6 is 22.6 Å². The summed E-state index contributed by atoms with van der Waals surface area (Å²) in [6.45, 7) is 1.77. The maximum atomic E-state index is 12.7. The summed E-state index contributed by atoms with van der Waals surface area (Å²) in [6.07, 6.45) is -3.30. The fourth-order valence-corrected chi connectivity index (χ4v) is 2.19. The van der Waals surface area contributed by atoms with Crippen molar-refractivity contribution in [2.24, 2.45) is 0 Å². The van der Waals surface area contributed by atoms with Gasteiger partial charge in [0.2, 0.25) is 0 Å². The van der Waals surface area contributed by atoms with Crippen molar-refractivity contribution in [3.05, 3.63) is 31.0 Å². The summed E-state index contributed by atoms with van der Waals surface area (Å²) in [7, 11) is 0. The van der Waals surface area contributed by atoms with E-state index < -0.39 is 28.7 Å². The summed E-state index contributed by atoms with van der Waals surface area (Å²) < 4.78 is 30.1. The number of hydrogen-bond acceptors (Lipinski definition) is 5. The molecule has 0 radical (unpaired) electrons. The Labute approximate surface area is 120 Å². The van der Waals surface area contributed by atoms with Gasteiger partial charge in [-0.3, -0.25) is 4.79 Å². The van der Waals surface area contributed by atoms with Crippen LogP contribution in [0.4, 0.5) is 14.6 Å². The summed E-state index contributed by atoms with van der Waals surface area (Å²) in [5.74, 6) is -1.55. The van der Waals surface area contributed by atoms with Gasteiger partial charge in [0.05, 0.1) is 6.61 Å². The van der Waals surface area contributed by atoms with Crippen molar-refractivity contribution in [1.29, 1.82) is 0 Å². The lowest BCUT2D eigenvalue weighted by Crippen LogP contribution is -2.11. The molecule has 104 valence electrons. The number of aromatic nitrogens is 1. The van der Waals surface area contributed by atoms with Gasteiger partial charge in [0.25, 0.3) is 6.43 Å². The molecule has 0 spiro atoms. The van der Waals surface area contributed by atoms with Crippen molar-refractivity contribution in [2.45, 2.75) is 19.8 Å². The molecule has 0 aromatic carbocycles. The first-order valence-corrected chi connectivity index (χ1v) is 6.22. The first-order chi connectivity index (χ1) is 8.86. The Kier molecular flexibility index (Phi) is 5.51. The SMILES string of the molecule is CCOC(=O)Cc1cc(I)c(C(F)F)c([N+](=O)[O-])n1. The molecule has 1 heterocycles. The molecular formula is C10H9F2IN2O4. The molecule has 0 unspecified atom stereocenters. The number of halogens is 3. The van der Waals surface area contributed by atoms with E-state index in [9.17, 15) is 23.7 Å². The monoisotopic (exact) mass is 386 g/mol. The molecule has 1 aromatic rings. The number of pyridine rings is 1. The van der Waals surface area contributed by atoms with E-state index in [4.69, 9.17) is 0 Å². The van der Waals surface area contributed by atoms with Crippen LogP contribution in [0.15, 0.2) is 6.07 Å². The van der Waals surface area contributed by atoms with E-state index in [2.05, 4.69) is 9.72 Å². The van der Waals surface area contributed by atoms with Crippen molar-refractivity contribution < 1.29 is 23.2 Å². The number of alkyl halides is 2. The van der Waals surface area contributed by atoms with Gasteiger partial charge in [-0.05, 0) is 45.5 Å². The van der Waals surface area contributed by atoms with Gasteiger partial charge < -0.3 is 14.9 Å². The standard InChI is InChI=1S/C10H9F2IN2O4/c1-2-19-7(16)4-5-3-6(13)8(9(11)12)10(14-5)15(17)18/h3,9H,2,4H2,1H3. The Bertz CT molecular complexity index is 511. The van der Waals surface area contributed by atoms with Crippen LogP contribution in [0.3, 0.4) is 0 Å². The molecule has 19 heavy (non-hydrogen) atoms. The Hall–Kier alpha value is -1.39. The fraction of sp³-hybridized carbons (Fsp3) is 0.400. The van der Waals surface area contributed by atoms with E-state index in [-0.39, 0.29) is 22.3 Å². The lowest BCUT2D eigenvalue weighted by molar-refractivity contribution is -0.391. The quantitative estimate of drug-likeness (QED) is 0.336. The number of rotatable bonds is 5. The molecule has 0 saturated heterocycles. The van der Waals surface area contributed by atoms with E-state index in [1.54, 1.807) is 29.5 Å². The molecule has 6 nitrogen and oxygen atoms in total. The number of nitro groups is 1. The molecule has 0 aliphatic rings. The largest absolute Gasteiger partial charge is 0.466 e. The number of carbonyl (C=O) groups excluding carboxylic acids is 1. The van der Waals surface area contributed by atoms with Gasteiger partial charge in [0.1, 0.15) is 12.0 Å². The van der Waals surface area contributed by atoms with Gasteiger partial charge in [-0.2, -0.15) is 0 Å². The van der Waals surface area contributed by atoms with Crippen molar-refractivity contribution in [3.8, 4) is 0 Å². The first kappa shape index (κ1) is 15.7. The molecule has 0 fully saturated rings. The lowest BCUT2D eigenvalue weighted by Gasteiger charge is -2.05. The number of ether oxygens (including phenoxy) is 1.